The van der Waals surface area contributed by atoms with Gasteiger partial charge in [0.15, 0.2) is 11.5 Å². The highest BCUT2D eigenvalue weighted by atomic mass is 19.1. The molecule has 2 aliphatic heterocycles. The van der Waals surface area contributed by atoms with Crippen LogP contribution in [0, 0.1) is 5.82 Å². The molecule has 1 N–H and O–H groups in total. The lowest BCUT2D eigenvalue weighted by Gasteiger charge is -2.27. The molecule has 0 aliphatic carbocycles. The molecule has 1 saturated heterocycles. The van der Waals surface area contributed by atoms with E-state index in [4.69, 9.17) is 4.42 Å². The number of halogens is 1. The maximum atomic E-state index is 13.6. The van der Waals surface area contributed by atoms with Crippen molar-refractivity contribution in [1.82, 2.24) is 0 Å². The van der Waals surface area contributed by atoms with Crippen LogP contribution in [0.4, 0.5) is 15.8 Å². The molecule has 1 fully saturated rings. The minimum absolute atomic E-state index is 0.0118. The van der Waals surface area contributed by atoms with Gasteiger partial charge in [-0.05, 0) is 66.9 Å². The van der Waals surface area contributed by atoms with Gasteiger partial charge in [-0.25, -0.2) is 4.39 Å². The summed E-state index contributed by atoms with van der Waals surface area (Å²) in [6.07, 6.45) is 3.65. The second-order valence-electron chi connectivity index (χ2n) is 7.91. The fraction of sp³-hybridized carbons (Fsp3) is 0.200. The van der Waals surface area contributed by atoms with Gasteiger partial charge in [0.05, 0.1) is 17.9 Å². The Labute approximate surface area is 184 Å². The van der Waals surface area contributed by atoms with E-state index in [1.54, 1.807) is 18.2 Å². The number of carbonyl (C=O) groups is 2. The minimum Gasteiger partial charge on any atom is -0.503 e. The molecule has 1 aromatic heterocycles. The van der Waals surface area contributed by atoms with Crippen LogP contribution < -0.4 is 9.80 Å². The molecule has 0 radical (unpaired) electrons. The Kier molecular flexibility index (Phi) is 5.01. The van der Waals surface area contributed by atoms with Crippen molar-refractivity contribution in [2.75, 3.05) is 22.9 Å². The van der Waals surface area contributed by atoms with Crippen LogP contribution >= 0.6 is 0 Å². The summed E-state index contributed by atoms with van der Waals surface area (Å²) in [5.74, 6) is -2.34. The van der Waals surface area contributed by atoms with Crippen LogP contribution in [0.2, 0.25) is 0 Å². The second kappa shape index (κ2) is 8.00. The van der Waals surface area contributed by atoms with Crippen molar-refractivity contribution in [2.24, 2.45) is 0 Å². The monoisotopic (exact) mass is 432 g/mol. The number of aliphatic hydroxyl groups is 1. The molecule has 2 aromatic carbocycles. The van der Waals surface area contributed by atoms with Crippen LogP contribution in [-0.4, -0.2) is 29.9 Å². The highest BCUT2D eigenvalue weighted by Gasteiger charge is 2.45. The number of nitrogens with zero attached hydrogens (tertiary/aromatic N) is 2. The number of benzene rings is 2. The third-order valence-corrected chi connectivity index (χ3v) is 5.98. The van der Waals surface area contributed by atoms with Gasteiger partial charge in [0, 0.05) is 24.5 Å². The normalized spacial score (nSPS) is 18.7. The Morgan fingerprint density at radius 1 is 0.969 bits per heavy atom. The first-order valence-electron chi connectivity index (χ1n) is 10.5. The van der Waals surface area contributed by atoms with E-state index in [1.165, 1.54) is 41.5 Å². The smallest absolute Gasteiger partial charge is 0.294 e. The van der Waals surface area contributed by atoms with Gasteiger partial charge in [0.1, 0.15) is 5.82 Å². The summed E-state index contributed by atoms with van der Waals surface area (Å²) in [6, 6.07) is 15.1. The molecule has 3 heterocycles. The molecule has 1 amide bonds. The topological polar surface area (TPSA) is 74.0 Å². The average molecular weight is 432 g/mol. The number of carbonyl (C=O) groups excluding carboxylic acids is 2. The molecule has 1 unspecified atom stereocenters. The third-order valence-electron chi connectivity index (χ3n) is 5.98. The van der Waals surface area contributed by atoms with Crippen LogP contribution in [0.15, 0.2) is 82.7 Å². The number of anilines is 2. The zero-order chi connectivity index (χ0) is 22.2. The van der Waals surface area contributed by atoms with Crippen molar-refractivity contribution in [2.45, 2.75) is 18.9 Å². The lowest BCUT2D eigenvalue weighted by atomic mass is 9.95. The molecule has 1 atom stereocenters. The quantitative estimate of drug-likeness (QED) is 0.586. The minimum atomic E-state index is -0.918. The molecule has 0 spiro atoms. The van der Waals surface area contributed by atoms with Crippen LogP contribution in [-0.2, 0) is 4.79 Å². The number of rotatable bonds is 5. The van der Waals surface area contributed by atoms with Crippen molar-refractivity contribution in [3.05, 3.63) is 95.4 Å². The number of hydrogen-bond donors (Lipinski definition) is 1. The summed E-state index contributed by atoms with van der Waals surface area (Å²) in [7, 11) is 0. The summed E-state index contributed by atoms with van der Waals surface area (Å²) >= 11 is 0. The summed E-state index contributed by atoms with van der Waals surface area (Å²) in [6.45, 7) is 1.98. The van der Waals surface area contributed by atoms with E-state index in [2.05, 4.69) is 4.90 Å². The molecule has 0 bridgehead atoms. The van der Waals surface area contributed by atoms with Gasteiger partial charge in [-0.15, -0.1) is 0 Å². The predicted octanol–water partition coefficient (Wildman–Crippen LogP) is 4.80. The predicted molar refractivity (Wildman–Crippen MR) is 117 cm³/mol. The third kappa shape index (κ3) is 3.36. The fourth-order valence-corrected chi connectivity index (χ4v) is 4.40. The molecule has 2 aliphatic rings. The zero-order valence-electron chi connectivity index (χ0n) is 17.2. The number of Topliss-reactive ketones (excluding diaryl/α,β-unsaturated/α-hetero) is 1. The molecule has 6 nitrogen and oxygen atoms in total. The van der Waals surface area contributed by atoms with Gasteiger partial charge in [0.25, 0.3) is 5.91 Å². The Hall–Kier alpha value is -3.87. The highest BCUT2D eigenvalue weighted by Crippen LogP contribution is 2.42. The molecular weight excluding hydrogens is 411 g/mol. The van der Waals surface area contributed by atoms with Crippen molar-refractivity contribution < 1.29 is 23.5 Å². The standard InChI is InChI=1S/C25H21FN2O4/c26-17-7-5-16(6-8-17)22-21(23(29)20-4-3-15-32-20)24(30)25(31)28(22)19-11-9-18(10-12-19)27-13-1-2-14-27/h3-12,15,22,30H,1-2,13-14H2. The molecule has 0 saturated carbocycles. The number of ketones is 1. The number of hydrogen-bond acceptors (Lipinski definition) is 5. The van der Waals surface area contributed by atoms with Gasteiger partial charge in [-0.3, -0.25) is 14.5 Å². The average Bonchev–Trinajstić information content (AvgIpc) is 3.57. The molecule has 5 rings (SSSR count). The summed E-state index contributed by atoms with van der Waals surface area (Å²) < 4.78 is 18.8. The largest absolute Gasteiger partial charge is 0.503 e. The maximum absolute atomic E-state index is 13.6. The zero-order valence-corrected chi connectivity index (χ0v) is 17.2. The first-order chi connectivity index (χ1) is 15.5. The summed E-state index contributed by atoms with van der Waals surface area (Å²) in [4.78, 5) is 29.9. The Balaban J connectivity index is 1.57. The van der Waals surface area contributed by atoms with Crippen LogP contribution in [0.3, 0.4) is 0 Å². The van der Waals surface area contributed by atoms with E-state index in [0.717, 1.165) is 31.6 Å². The Bertz CT molecular complexity index is 1180. The first-order valence-corrected chi connectivity index (χ1v) is 10.5. The first kappa shape index (κ1) is 20.1. The van der Waals surface area contributed by atoms with Crippen molar-refractivity contribution in [3.8, 4) is 0 Å². The second-order valence-corrected chi connectivity index (χ2v) is 7.91. The van der Waals surface area contributed by atoms with Crippen molar-refractivity contribution >= 4 is 23.1 Å². The summed E-state index contributed by atoms with van der Waals surface area (Å²) in [5.41, 5.74) is 1.99. The van der Waals surface area contributed by atoms with E-state index in [0.29, 0.717) is 11.3 Å². The van der Waals surface area contributed by atoms with E-state index in [1.807, 2.05) is 12.1 Å². The number of aliphatic hydroxyl groups excluding tert-OH is 1. The van der Waals surface area contributed by atoms with Crippen LogP contribution in [0.25, 0.3) is 0 Å². The summed E-state index contributed by atoms with van der Waals surface area (Å²) in [5, 5.41) is 10.7. The van der Waals surface area contributed by atoms with Crippen molar-refractivity contribution in [1.29, 1.82) is 0 Å². The number of amides is 1. The van der Waals surface area contributed by atoms with Gasteiger partial charge >= 0.3 is 0 Å². The van der Waals surface area contributed by atoms with Gasteiger partial charge in [0.2, 0.25) is 5.78 Å². The van der Waals surface area contributed by atoms with Gasteiger partial charge in [-0.2, -0.15) is 0 Å². The molecular formula is C25H21FN2O4. The van der Waals surface area contributed by atoms with E-state index >= 15 is 0 Å². The van der Waals surface area contributed by atoms with Gasteiger partial charge < -0.3 is 14.4 Å². The van der Waals surface area contributed by atoms with E-state index in [9.17, 15) is 19.1 Å². The fourth-order valence-electron chi connectivity index (χ4n) is 4.40. The highest BCUT2D eigenvalue weighted by molar-refractivity contribution is 6.20. The Morgan fingerprint density at radius 3 is 2.25 bits per heavy atom. The lowest BCUT2D eigenvalue weighted by molar-refractivity contribution is -0.117. The van der Waals surface area contributed by atoms with E-state index in [-0.39, 0.29) is 11.3 Å². The molecule has 3 aromatic rings. The van der Waals surface area contributed by atoms with E-state index < -0.39 is 29.3 Å². The maximum Gasteiger partial charge on any atom is 0.294 e. The Morgan fingerprint density at radius 2 is 1.62 bits per heavy atom. The molecule has 162 valence electrons. The SMILES string of the molecule is O=C(C1=C(O)C(=O)N(c2ccc(N3CCCC3)cc2)C1c1ccc(F)cc1)c1ccco1. The van der Waals surface area contributed by atoms with Crippen molar-refractivity contribution in [3.63, 3.8) is 0 Å². The van der Waals surface area contributed by atoms with Crippen LogP contribution in [0.1, 0.15) is 35.0 Å². The van der Waals surface area contributed by atoms with Gasteiger partial charge in [-0.1, -0.05) is 12.1 Å². The number of furan rings is 1. The van der Waals surface area contributed by atoms with Crippen LogP contribution in [0.5, 0.6) is 0 Å². The molecule has 32 heavy (non-hydrogen) atoms. The lowest BCUT2D eigenvalue weighted by Crippen LogP contribution is -2.31. The molecule has 7 heteroatoms.